The first-order valence-corrected chi connectivity index (χ1v) is 6.22. The van der Waals surface area contributed by atoms with Crippen LogP contribution in [0.3, 0.4) is 0 Å². The molecule has 0 radical (unpaired) electrons. The minimum absolute atomic E-state index is 0.00246. The molecule has 6 heteroatoms. The second-order valence-corrected chi connectivity index (χ2v) is 5.63. The van der Waals surface area contributed by atoms with Gasteiger partial charge >= 0.3 is 0 Å². The zero-order valence-corrected chi connectivity index (χ0v) is 10.8. The van der Waals surface area contributed by atoms with Gasteiger partial charge in [0.05, 0.1) is 16.5 Å². The molecule has 0 saturated carbocycles. The molecule has 2 N–H and O–H groups in total. The lowest BCUT2D eigenvalue weighted by Crippen LogP contribution is -2.34. The smallest absolute Gasteiger partial charge is 0.237 e. The lowest BCUT2D eigenvalue weighted by molar-refractivity contribution is -0.127. The topological polar surface area (TPSA) is 63.4 Å². The van der Waals surface area contributed by atoms with Crippen LogP contribution in [0.2, 0.25) is 0 Å². The van der Waals surface area contributed by atoms with Crippen molar-refractivity contribution in [2.75, 3.05) is 19.8 Å². The first-order chi connectivity index (χ1) is 7.84. The van der Waals surface area contributed by atoms with E-state index in [1.807, 2.05) is 0 Å². The summed E-state index contributed by atoms with van der Waals surface area (Å²) in [5.74, 6) is -0.888. The zero-order valence-electron chi connectivity index (χ0n) is 9.94. The normalized spacial score (nSPS) is 14.1. The second kappa shape index (κ2) is 5.27. The van der Waals surface area contributed by atoms with E-state index in [0.29, 0.717) is 0 Å². The second-order valence-electron chi connectivity index (χ2n) is 3.86. The highest BCUT2D eigenvalue weighted by Crippen LogP contribution is 2.18. The third-order valence-corrected chi connectivity index (χ3v) is 3.88. The Morgan fingerprint density at radius 1 is 1.47 bits per heavy atom. The van der Waals surface area contributed by atoms with Crippen LogP contribution in [-0.4, -0.2) is 34.4 Å². The fraction of sp³-hybridized carbons (Fsp3) is 0.364. The van der Waals surface area contributed by atoms with Gasteiger partial charge in [0.25, 0.3) is 0 Å². The van der Waals surface area contributed by atoms with Crippen LogP contribution in [0.4, 0.5) is 10.1 Å². The van der Waals surface area contributed by atoms with Gasteiger partial charge in [-0.25, -0.2) is 4.39 Å². The highest BCUT2D eigenvalue weighted by Gasteiger charge is 2.23. The van der Waals surface area contributed by atoms with E-state index in [0.717, 1.165) is 6.07 Å². The number of nitrogen functional groups attached to an aromatic ring is 1. The molecule has 0 spiro atoms. The van der Waals surface area contributed by atoms with Crippen LogP contribution in [0.25, 0.3) is 0 Å². The Morgan fingerprint density at radius 3 is 2.53 bits per heavy atom. The molecule has 0 aliphatic heterocycles. The van der Waals surface area contributed by atoms with Crippen molar-refractivity contribution in [3.8, 4) is 0 Å². The maximum Gasteiger partial charge on any atom is 0.237 e. The number of carbonyl (C=O) groups is 1. The predicted molar refractivity (Wildman–Crippen MR) is 65.4 cm³/mol. The lowest BCUT2D eigenvalue weighted by atomic mass is 10.3. The molecule has 0 bridgehead atoms. The Hall–Kier alpha value is -1.43. The summed E-state index contributed by atoms with van der Waals surface area (Å²) in [4.78, 5) is 13.2. The van der Waals surface area contributed by atoms with Crippen LogP contribution in [0.5, 0.6) is 0 Å². The predicted octanol–water partition coefficient (Wildman–Crippen LogP) is 0.992. The quantitative estimate of drug-likeness (QED) is 0.822. The summed E-state index contributed by atoms with van der Waals surface area (Å²) in [6, 6.07) is 3.91. The van der Waals surface area contributed by atoms with E-state index in [9.17, 15) is 13.4 Å². The molecule has 1 aromatic rings. The first kappa shape index (κ1) is 13.6. The minimum atomic E-state index is -1.58. The van der Waals surface area contributed by atoms with E-state index in [2.05, 4.69) is 0 Å². The van der Waals surface area contributed by atoms with Gasteiger partial charge in [-0.3, -0.25) is 9.00 Å². The van der Waals surface area contributed by atoms with Crippen molar-refractivity contribution in [2.24, 2.45) is 0 Å². The Labute approximate surface area is 102 Å². The molecule has 0 aliphatic carbocycles. The molecule has 2 atom stereocenters. The number of hydrogen-bond donors (Lipinski definition) is 1. The summed E-state index contributed by atoms with van der Waals surface area (Å²) in [6.07, 6.45) is 0. The Morgan fingerprint density at radius 2 is 2.06 bits per heavy atom. The number of hydrogen-bond acceptors (Lipinski definition) is 3. The van der Waals surface area contributed by atoms with Gasteiger partial charge in [0.1, 0.15) is 11.1 Å². The van der Waals surface area contributed by atoms with Crippen LogP contribution in [0.15, 0.2) is 23.1 Å². The number of nitrogens with two attached hydrogens (primary N) is 1. The molecular formula is C11H15FN2O2S. The highest BCUT2D eigenvalue weighted by molar-refractivity contribution is 7.86. The Bertz CT molecular complexity index is 463. The highest BCUT2D eigenvalue weighted by atomic mass is 32.2. The van der Waals surface area contributed by atoms with Crippen LogP contribution in [0, 0.1) is 5.82 Å². The van der Waals surface area contributed by atoms with E-state index in [1.54, 1.807) is 21.0 Å². The van der Waals surface area contributed by atoms with Gasteiger partial charge in [0.2, 0.25) is 5.91 Å². The van der Waals surface area contributed by atoms with Crippen LogP contribution >= 0.6 is 0 Å². The molecule has 4 nitrogen and oxygen atoms in total. The lowest BCUT2D eigenvalue weighted by Gasteiger charge is -2.16. The molecule has 0 saturated heterocycles. The fourth-order valence-electron chi connectivity index (χ4n) is 1.29. The average Bonchev–Trinajstić information content (AvgIpc) is 2.29. The van der Waals surface area contributed by atoms with Crippen LogP contribution in [-0.2, 0) is 15.6 Å². The molecule has 17 heavy (non-hydrogen) atoms. The third-order valence-electron chi connectivity index (χ3n) is 2.31. The van der Waals surface area contributed by atoms with E-state index in [-0.39, 0.29) is 16.5 Å². The summed E-state index contributed by atoms with van der Waals surface area (Å²) in [5, 5.41) is -0.715. The number of rotatable bonds is 3. The molecule has 1 amide bonds. The summed E-state index contributed by atoms with van der Waals surface area (Å²) >= 11 is 0. The molecule has 94 valence electrons. The van der Waals surface area contributed by atoms with Gasteiger partial charge in [0, 0.05) is 19.0 Å². The number of nitrogens with zero attached hydrogens (tertiary/aromatic N) is 1. The zero-order chi connectivity index (χ0) is 13.2. The van der Waals surface area contributed by atoms with Crippen LogP contribution < -0.4 is 5.73 Å². The molecule has 0 heterocycles. The van der Waals surface area contributed by atoms with Gasteiger partial charge in [-0.05, 0) is 25.1 Å². The van der Waals surface area contributed by atoms with Gasteiger partial charge < -0.3 is 10.6 Å². The molecule has 2 unspecified atom stereocenters. The average molecular weight is 258 g/mol. The van der Waals surface area contributed by atoms with E-state index >= 15 is 0 Å². The minimum Gasteiger partial charge on any atom is -0.396 e. The van der Waals surface area contributed by atoms with Crippen molar-refractivity contribution in [1.82, 2.24) is 4.90 Å². The van der Waals surface area contributed by atoms with Gasteiger partial charge in [-0.15, -0.1) is 0 Å². The molecule has 0 aliphatic rings. The Balaban J connectivity index is 2.97. The van der Waals surface area contributed by atoms with Crippen molar-refractivity contribution in [2.45, 2.75) is 17.1 Å². The summed E-state index contributed by atoms with van der Waals surface area (Å²) in [6.45, 7) is 1.55. The molecule has 1 rings (SSSR count). The molecule has 0 fully saturated rings. The van der Waals surface area contributed by atoms with E-state index in [1.165, 1.54) is 17.0 Å². The monoisotopic (exact) mass is 258 g/mol. The van der Waals surface area contributed by atoms with Gasteiger partial charge in [0.15, 0.2) is 0 Å². The van der Waals surface area contributed by atoms with Crippen molar-refractivity contribution < 1.29 is 13.4 Å². The van der Waals surface area contributed by atoms with Crippen LogP contribution in [0.1, 0.15) is 6.92 Å². The summed E-state index contributed by atoms with van der Waals surface area (Å²) in [7, 11) is 1.58. The van der Waals surface area contributed by atoms with Crippen molar-refractivity contribution in [3.05, 3.63) is 24.0 Å². The molecule has 0 aromatic heterocycles. The first-order valence-electron chi connectivity index (χ1n) is 5.01. The van der Waals surface area contributed by atoms with E-state index < -0.39 is 21.9 Å². The number of carbonyl (C=O) groups excluding carboxylic acids is 1. The summed E-state index contributed by atoms with van der Waals surface area (Å²) < 4.78 is 25.2. The van der Waals surface area contributed by atoms with Gasteiger partial charge in [-0.2, -0.15) is 0 Å². The van der Waals surface area contributed by atoms with Crippen molar-refractivity contribution >= 4 is 22.4 Å². The Kier molecular flexibility index (Phi) is 4.22. The molecule has 1 aromatic carbocycles. The number of amides is 1. The van der Waals surface area contributed by atoms with Gasteiger partial charge in [-0.1, -0.05) is 0 Å². The number of halogens is 1. The summed E-state index contributed by atoms with van der Waals surface area (Å²) in [5.41, 5.74) is 5.32. The maximum absolute atomic E-state index is 13.2. The maximum atomic E-state index is 13.2. The fourth-order valence-corrected chi connectivity index (χ4v) is 2.52. The largest absolute Gasteiger partial charge is 0.396 e. The third kappa shape index (κ3) is 3.03. The standard InChI is InChI=1S/C11H15FN2O2S/c1-7(11(15)14(2)3)17(16)8-4-5-10(13)9(12)6-8/h4-7H,13H2,1-3H3. The number of anilines is 1. The van der Waals surface area contributed by atoms with E-state index in [4.69, 9.17) is 5.73 Å². The number of benzene rings is 1. The molecular weight excluding hydrogens is 243 g/mol. The van der Waals surface area contributed by atoms with Crippen molar-refractivity contribution in [1.29, 1.82) is 0 Å². The SMILES string of the molecule is CC(C(=O)N(C)C)S(=O)c1ccc(N)c(F)c1. The van der Waals surface area contributed by atoms with Crippen molar-refractivity contribution in [3.63, 3.8) is 0 Å².